The summed E-state index contributed by atoms with van der Waals surface area (Å²) in [6.07, 6.45) is 0.367. The SMILES string of the molecule is Cc1ccc(NC(=O)[C@@]2(C)Cc3ccccc3C(=O)O2)cc1C. The third kappa shape index (κ3) is 2.84. The molecule has 23 heavy (non-hydrogen) atoms. The number of carbonyl (C=O) groups excluding carboxylic acids is 2. The van der Waals surface area contributed by atoms with Crippen LogP contribution in [-0.4, -0.2) is 17.5 Å². The van der Waals surface area contributed by atoms with E-state index in [9.17, 15) is 9.59 Å². The number of nitrogens with one attached hydrogen (secondary N) is 1. The van der Waals surface area contributed by atoms with Gasteiger partial charge in [0.05, 0.1) is 5.56 Å². The molecule has 2 aromatic rings. The Bertz CT molecular complexity index is 797. The Hall–Kier alpha value is -2.62. The number of esters is 1. The van der Waals surface area contributed by atoms with Gasteiger partial charge in [0.25, 0.3) is 5.91 Å². The van der Waals surface area contributed by atoms with Crippen LogP contribution >= 0.6 is 0 Å². The van der Waals surface area contributed by atoms with Gasteiger partial charge in [-0.3, -0.25) is 4.79 Å². The van der Waals surface area contributed by atoms with E-state index in [4.69, 9.17) is 4.74 Å². The monoisotopic (exact) mass is 309 g/mol. The van der Waals surface area contributed by atoms with Crippen molar-refractivity contribution in [1.82, 2.24) is 0 Å². The molecule has 118 valence electrons. The normalized spacial score (nSPS) is 19.7. The molecule has 0 bridgehead atoms. The molecule has 0 radical (unpaired) electrons. The van der Waals surface area contributed by atoms with Crippen LogP contribution in [0.4, 0.5) is 5.69 Å². The molecule has 0 aromatic heterocycles. The number of cyclic esters (lactones) is 1. The Morgan fingerprint density at radius 2 is 1.87 bits per heavy atom. The van der Waals surface area contributed by atoms with Crippen LogP contribution in [0.15, 0.2) is 42.5 Å². The molecule has 1 amide bonds. The maximum atomic E-state index is 12.7. The van der Waals surface area contributed by atoms with Crippen molar-refractivity contribution in [2.24, 2.45) is 0 Å². The summed E-state index contributed by atoms with van der Waals surface area (Å²) >= 11 is 0. The summed E-state index contributed by atoms with van der Waals surface area (Å²) < 4.78 is 5.44. The topological polar surface area (TPSA) is 55.4 Å². The van der Waals surface area contributed by atoms with Crippen LogP contribution in [0.5, 0.6) is 0 Å². The zero-order valence-corrected chi connectivity index (χ0v) is 13.5. The molecule has 0 spiro atoms. The number of carbonyl (C=O) groups is 2. The molecule has 1 heterocycles. The lowest BCUT2D eigenvalue weighted by molar-refractivity contribution is -0.134. The largest absolute Gasteiger partial charge is 0.445 e. The van der Waals surface area contributed by atoms with E-state index < -0.39 is 11.6 Å². The number of amides is 1. The molecule has 0 aliphatic carbocycles. The first kappa shape index (κ1) is 15.3. The summed E-state index contributed by atoms with van der Waals surface area (Å²) in [6, 6.07) is 12.9. The first-order valence-corrected chi connectivity index (χ1v) is 7.59. The second kappa shape index (κ2) is 5.54. The van der Waals surface area contributed by atoms with Gasteiger partial charge in [0, 0.05) is 12.1 Å². The van der Waals surface area contributed by atoms with Gasteiger partial charge in [-0.2, -0.15) is 0 Å². The summed E-state index contributed by atoms with van der Waals surface area (Å²) in [5.74, 6) is -0.770. The van der Waals surface area contributed by atoms with Gasteiger partial charge in [-0.15, -0.1) is 0 Å². The van der Waals surface area contributed by atoms with Crippen molar-refractivity contribution in [3.63, 3.8) is 0 Å². The lowest BCUT2D eigenvalue weighted by Crippen LogP contribution is -2.48. The third-order valence-electron chi connectivity index (χ3n) is 4.33. The molecule has 1 aliphatic rings. The maximum absolute atomic E-state index is 12.7. The molecule has 0 saturated heterocycles. The van der Waals surface area contributed by atoms with E-state index in [1.807, 2.05) is 44.2 Å². The van der Waals surface area contributed by atoms with Crippen molar-refractivity contribution in [2.45, 2.75) is 32.8 Å². The highest BCUT2D eigenvalue weighted by atomic mass is 16.6. The fourth-order valence-corrected chi connectivity index (χ4v) is 2.74. The van der Waals surface area contributed by atoms with Crippen LogP contribution < -0.4 is 5.32 Å². The minimum absolute atomic E-state index is 0.316. The van der Waals surface area contributed by atoms with Crippen LogP contribution in [0.1, 0.15) is 34.0 Å². The standard InChI is InChI=1S/C19H19NO3/c1-12-8-9-15(10-13(12)2)20-18(22)19(3)11-14-6-4-5-7-16(14)17(21)23-19/h4-10H,11H2,1-3H3,(H,20,22)/t19-/m1/s1. The Labute approximate surface area is 135 Å². The molecule has 2 aromatic carbocycles. The Morgan fingerprint density at radius 3 is 2.61 bits per heavy atom. The second-order valence-electron chi connectivity index (χ2n) is 6.21. The van der Waals surface area contributed by atoms with Gasteiger partial charge >= 0.3 is 5.97 Å². The van der Waals surface area contributed by atoms with E-state index in [-0.39, 0.29) is 5.91 Å². The predicted molar refractivity (Wildman–Crippen MR) is 88.5 cm³/mol. The number of rotatable bonds is 2. The van der Waals surface area contributed by atoms with Crippen molar-refractivity contribution < 1.29 is 14.3 Å². The summed E-state index contributed by atoms with van der Waals surface area (Å²) in [6.45, 7) is 5.66. The zero-order valence-electron chi connectivity index (χ0n) is 13.5. The van der Waals surface area contributed by atoms with Gasteiger partial charge in [-0.05, 0) is 55.7 Å². The highest BCUT2D eigenvalue weighted by molar-refractivity contribution is 6.02. The number of ether oxygens (including phenoxy) is 1. The fourth-order valence-electron chi connectivity index (χ4n) is 2.74. The molecule has 4 heteroatoms. The van der Waals surface area contributed by atoms with Crippen molar-refractivity contribution in [3.05, 3.63) is 64.7 Å². The van der Waals surface area contributed by atoms with Gasteiger partial charge in [0.1, 0.15) is 0 Å². The molecular weight excluding hydrogens is 290 g/mol. The smallest absolute Gasteiger partial charge is 0.339 e. The minimum atomic E-state index is -1.20. The van der Waals surface area contributed by atoms with E-state index >= 15 is 0 Å². The van der Waals surface area contributed by atoms with E-state index in [0.29, 0.717) is 17.7 Å². The quantitative estimate of drug-likeness (QED) is 0.865. The Balaban J connectivity index is 1.84. The van der Waals surface area contributed by atoms with Crippen LogP contribution in [0, 0.1) is 13.8 Å². The summed E-state index contributed by atoms with van der Waals surface area (Å²) in [7, 11) is 0. The lowest BCUT2D eigenvalue weighted by atomic mass is 9.89. The van der Waals surface area contributed by atoms with Gasteiger partial charge in [-0.25, -0.2) is 4.79 Å². The Kier molecular flexibility index (Phi) is 3.68. The second-order valence-corrected chi connectivity index (χ2v) is 6.21. The molecule has 3 rings (SSSR count). The first-order valence-electron chi connectivity index (χ1n) is 7.59. The number of benzene rings is 2. The molecule has 1 aliphatic heterocycles. The van der Waals surface area contributed by atoms with Crippen LogP contribution in [-0.2, 0) is 16.0 Å². The fraction of sp³-hybridized carbons (Fsp3) is 0.263. The van der Waals surface area contributed by atoms with Crippen molar-refractivity contribution in [2.75, 3.05) is 5.32 Å². The summed E-state index contributed by atoms with van der Waals surface area (Å²) in [5, 5.41) is 2.86. The molecule has 0 saturated carbocycles. The van der Waals surface area contributed by atoms with E-state index in [2.05, 4.69) is 5.32 Å². The molecule has 1 N–H and O–H groups in total. The van der Waals surface area contributed by atoms with E-state index in [1.165, 1.54) is 0 Å². The molecular formula is C19H19NO3. The lowest BCUT2D eigenvalue weighted by Gasteiger charge is -2.33. The summed E-state index contributed by atoms with van der Waals surface area (Å²) in [4.78, 5) is 24.8. The first-order chi connectivity index (χ1) is 10.9. The highest BCUT2D eigenvalue weighted by Gasteiger charge is 2.42. The van der Waals surface area contributed by atoms with Crippen LogP contribution in [0.3, 0.4) is 0 Å². The molecule has 0 fully saturated rings. The van der Waals surface area contributed by atoms with Gasteiger partial charge in [-0.1, -0.05) is 24.3 Å². The van der Waals surface area contributed by atoms with Gasteiger partial charge in [0.2, 0.25) is 0 Å². The molecule has 4 nitrogen and oxygen atoms in total. The number of aryl methyl sites for hydroxylation is 2. The number of anilines is 1. The van der Waals surface area contributed by atoms with Crippen molar-refractivity contribution >= 4 is 17.6 Å². The van der Waals surface area contributed by atoms with Gasteiger partial charge < -0.3 is 10.1 Å². The minimum Gasteiger partial charge on any atom is -0.445 e. The zero-order chi connectivity index (χ0) is 16.6. The van der Waals surface area contributed by atoms with E-state index in [0.717, 1.165) is 16.7 Å². The third-order valence-corrected chi connectivity index (χ3v) is 4.33. The van der Waals surface area contributed by atoms with Crippen molar-refractivity contribution in [3.8, 4) is 0 Å². The van der Waals surface area contributed by atoms with E-state index in [1.54, 1.807) is 19.1 Å². The molecule has 1 atom stereocenters. The van der Waals surface area contributed by atoms with Crippen LogP contribution in [0.2, 0.25) is 0 Å². The Morgan fingerprint density at radius 1 is 1.13 bits per heavy atom. The average molecular weight is 309 g/mol. The number of hydrogen-bond acceptors (Lipinski definition) is 3. The summed E-state index contributed by atoms with van der Waals surface area (Å²) in [5.41, 5.74) is 3.12. The van der Waals surface area contributed by atoms with Crippen LogP contribution in [0.25, 0.3) is 0 Å². The maximum Gasteiger partial charge on any atom is 0.339 e. The predicted octanol–water partition coefficient (Wildman–Crippen LogP) is 3.41. The van der Waals surface area contributed by atoms with Crippen molar-refractivity contribution in [1.29, 1.82) is 0 Å². The number of fused-ring (bicyclic) bond motifs is 1. The highest BCUT2D eigenvalue weighted by Crippen LogP contribution is 2.29. The average Bonchev–Trinajstić information content (AvgIpc) is 2.51. The van der Waals surface area contributed by atoms with Gasteiger partial charge in [0.15, 0.2) is 5.60 Å². The number of hydrogen-bond donors (Lipinski definition) is 1. The molecule has 0 unspecified atom stereocenters.